The third-order valence-electron chi connectivity index (χ3n) is 6.62. The summed E-state index contributed by atoms with van der Waals surface area (Å²) in [4.78, 5) is 23.3. The molecule has 1 aliphatic rings. The number of rotatable bonds is 8. The van der Waals surface area contributed by atoms with Crippen LogP contribution in [0.15, 0.2) is 54.2 Å². The minimum Gasteiger partial charge on any atom is -0.489 e. The summed E-state index contributed by atoms with van der Waals surface area (Å²) >= 11 is 6.40. The van der Waals surface area contributed by atoms with Gasteiger partial charge in [0.2, 0.25) is 5.90 Å². The average Bonchev–Trinajstić information content (AvgIpc) is 3.19. The standard InChI is InChI=1S/C28H33ClN4O4/c1-17(2)36-25-9-8-20(14-24(25)29)27(37-30)31-18(3)22-6-5-7-23-21(15-32(4)26(22)23)16-33-12-10-19(11-13-33)28(34)35/h5-9,14-15,17,19H,3,10-13,16,30H2,1-2,4H3,(H,34,35). The third-order valence-corrected chi connectivity index (χ3v) is 6.91. The number of hydrogen-bond acceptors (Lipinski definition) is 6. The van der Waals surface area contributed by atoms with Crippen molar-refractivity contribution in [2.24, 2.45) is 23.9 Å². The molecule has 37 heavy (non-hydrogen) atoms. The van der Waals surface area contributed by atoms with Gasteiger partial charge in [-0.15, -0.1) is 0 Å². The molecule has 9 heteroatoms. The van der Waals surface area contributed by atoms with Gasteiger partial charge in [-0.05, 0) is 63.5 Å². The Balaban J connectivity index is 1.59. The molecule has 0 aliphatic carbocycles. The molecular weight excluding hydrogens is 492 g/mol. The van der Waals surface area contributed by atoms with Crippen LogP contribution in [0.4, 0.5) is 0 Å². The van der Waals surface area contributed by atoms with Crippen LogP contribution < -0.4 is 10.6 Å². The molecule has 0 unspecified atom stereocenters. The Labute approximate surface area is 221 Å². The second kappa shape index (κ2) is 11.4. The number of para-hydroxylation sites is 1. The van der Waals surface area contributed by atoms with E-state index in [2.05, 4.69) is 33.3 Å². The molecule has 1 fully saturated rings. The molecule has 0 radical (unpaired) electrons. The summed E-state index contributed by atoms with van der Waals surface area (Å²) in [6, 6.07) is 11.3. The Hall–Kier alpha value is -3.33. The Morgan fingerprint density at radius 2 is 2.00 bits per heavy atom. The quantitative estimate of drug-likeness (QED) is 0.238. The van der Waals surface area contributed by atoms with Gasteiger partial charge in [0.15, 0.2) is 0 Å². The largest absolute Gasteiger partial charge is 0.489 e. The van der Waals surface area contributed by atoms with Crippen molar-refractivity contribution in [1.82, 2.24) is 9.47 Å². The molecule has 196 valence electrons. The smallest absolute Gasteiger partial charge is 0.306 e. The number of aliphatic carboxylic acids is 1. The van der Waals surface area contributed by atoms with E-state index in [1.807, 2.05) is 33.0 Å². The maximum Gasteiger partial charge on any atom is 0.306 e. The highest BCUT2D eigenvalue weighted by molar-refractivity contribution is 6.32. The predicted octanol–water partition coefficient (Wildman–Crippen LogP) is 5.22. The molecule has 2 aromatic carbocycles. The van der Waals surface area contributed by atoms with E-state index in [1.165, 1.54) is 5.56 Å². The fourth-order valence-corrected chi connectivity index (χ4v) is 5.04. The van der Waals surface area contributed by atoms with Gasteiger partial charge in [-0.2, -0.15) is 5.90 Å². The number of hydrogen-bond donors (Lipinski definition) is 2. The number of carboxylic acid groups (broad SMARTS) is 1. The van der Waals surface area contributed by atoms with Crippen LogP contribution in [0, 0.1) is 5.92 Å². The number of nitrogens with zero attached hydrogens (tertiary/aromatic N) is 3. The fourth-order valence-electron chi connectivity index (χ4n) is 4.81. The number of likely N-dealkylation sites (tertiary alicyclic amines) is 1. The number of aryl methyl sites for hydroxylation is 1. The van der Waals surface area contributed by atoms with Crippen molar-refractivity contribution < 1.29 is 19.5 Å². The molecule has 0 atom stereocenters. The number of halogens is 1. The van der Waals surface area contributed by atoms with Crippen molar-refractivity contribution in [3.63, 3.8) is 0 Å². The van der Waals surface area contributed by atoms with Crippen molar-refractivity contribution in [3.05, 3.63) is 70.9 Å². The predicted molar refractivity (Wildman–Crippen MR) is 147 cm³/mol. The molecule has 0 bridgehead atoms. The molecule has 3 aromatic rings. The molecule has 8 nitrogen and oxygen atoms in total. The van der Waals surface area contributed by atoms with E-state index in [-0.39, 0.29) is 17.9 Å². The number of benzene rings is 2. The lowest BCUT2D eigenvalue weighted by molar-refractivity contribution is -0.143. The van der Waals surface area contributed by atoms with E-state index >= 15 is 0 Å². The molecule has 1 saturated heterocycles. The zero-order valence-corrected chi connectivity index (χ0v) is 22.2. The van der Waals surface area contributed by atoms with Crippen molar-refractivity contribution in [2.45, 2.75) is 39.3 Å². The molecular formula is C28H33ClN4O4. The zero-order valence-electron chi connectivity index (χ0n) is 21.4. The van der Waals surface area contributed by atoms with E-state index in [0.717, 1.165) is 36.1 Å². The number of aromatic nitrogens is 1. The summed E-state index contributed by atoms with van der Waals surface area (Å²) in [7, 11) is 2.00. The highest BCUT2D eigenvalue weighted by Crippen LogP contribution is 2.31. The summed E-state index contributed by atoms with van der Waals surface area (Å²) in [5.41, 5.74) is 4.14. The van der Waals surface area contributed by atoms with Gasteiger partial charge in [0.05, 0.1) is 28.3 Å². The van der Waals surface area contributed by atoms with Gasteiger partial charge in [0.25, 0.3) is 0 Å². The summed E-state index contributed by atoms with van der Waals surface area (Å²) < 4.78 is 7.78. The highest BCUT2D eigenvalue weighted by atomic mass is 35.5. The van der Waals surface area contributed by atoms with E-state index in [0.29, 0.717) is 34.9 Å². The maximum absolute atomic E-state index is 11.3. The number of piperidine rings is 1. The first-order chi connectivity index (χ1) is 17.7. The van der Waals surface area contributed by atoms with Gasteiger partial charge >= 0.3 is 5.97 Å². The van der Waals surface area contributed by atoms with Crippen molar-refractivity contribution in [1.29, 1.82) is 0 Å². The lowest BCUT2D eigenvalue weighted by atomic mass is 9.96. The molecule has 0 amide bonds. The number of carbonyl (C=O) groups is 1. The number of carboxylic acids is 1. The summed E-state index contributed by atoms with van der Waals surface area (Å²) in [5, 5.41) is 10.8. The van der Waals surface area contributed by atoms with Crippen LogP contribution in [0.1, 0.15) is 43.4 Å². The zero-order chi connectivity index (χ0) is 26.7. The summed E-state index contributed by atoms with van der Waals surface area (Å²) in [5.74, 6) is 5.41. The van der Waals surface area contributed by atoms with Crippen molar-refractivity contribution in [3.8, 4) is 5.75 Å². The van der Waals surface area contributed by atoms with Gasteiger partial charge in [0, 0.05) is 36.3 Å². The Morgan fingerprint density at radius 1 is 1.27 bits per heavy atom. The lowest BCUT2D eigenvalue weighted by Crippen LogP contribution is -2.35. The molecule has 2 heterocycles. The Kier molecular flexibility index (Phi) is 8.22. The first-order valence-electron chi connectivity index (χ1n) is 12.3. The molecule has 3 N–H and O–H groups in total. The van der Waals surface area contributed by atoms with E-state index in [4.69, 9.17) is 27.1 Å². The van der Waals surface area contributed by atoms with Gasteiger partial charge in [-0.3, -0.25) is 9.69 Å². The van der Waals surface area contributed by atoms with Crippen LogP contribution in [0.2, 0.25) is 5.02 Å². The van der Waals surface area contributed by atoms with Crippen LogP contribution in [-0.2, 0) is 23.2 Å². The van der Waals surface area contributed by atoms with Crippen LogP contribution in [0.25, 0.3) is 16.6 Å². The monoisotopic (exact) mass is 524 g/mol. The Bertz CT molecular complexity index is 1340. The van der Waals surface area contributed by atoms with E-state index < -0.39 is 5.97 Å². The molecule has 1 aliphatic heterocycles. The first-order valence-corrected chi connectivity index (χ1v) is 12.7. The molecule has 1 aromatic heterocycles. The second-order valence-electron chi connectivity index (χ2n) is 9.65. The summed E-state index contributed by atoms with van der Waals surface area (Å²) in [6.45, 7) is 10.4. The van der Waals surface area contributed by atoms with Gasteiger partial charge in [0.1, 0.15) is 5.75 Å². The lowest BCUT2D eigenvalue weighted by Gasteiger charge is -2.29. The minimum absolute atomic E-state index is 0.00531. The summed E-state index contributed by atoms with van der Waals surface area (Å²) in [6.07, 6.45) is 3.46. The van der Waals surface area contributed by atoms with Crippen LogP contribution in [-0.4, -0.2) is 45.6 Å². The molecule has 4 rings (SSSR count). The van der Waals surface area contributed by atoms with Crippen molar-refractivity contribution in [2.75, 3.05) is 13.1 Å². The molecule has 0 saturated carbocycles. The number of fused-ring (bicyclic) bond motifs is 1. The maximum atomic E-state index is 11.3. The van der Waals surface area contributed by atoms with Crippen LogP contribution >= 0.6 is 11.6 Å². The highest BCUT2D eigenvalue weighted by Gasteiger charge is 2.25. The normalized spacial score (nSPS) is 15.4. The first kappa shape index (κ1) is 26.7. The number of ether oxygens (including phenoxy) is 1. The number of nitrogens with two attached hydrogens (primary N) is 1. The molecule has 0 spiro atoms. The Morgan fingerprint density at radius 3 is 2.62 bits per heavy atom. The van der Waals surface area contributed by atoms with Gasteiger partial charge in [-0.1, -0.05) is 36.4 Å². The van der Waals surface area contributed by atoms with Crippen molar-refractivity contribution >= 4 is 40.1 Å². The number of aliphatic imine (C=N–C) groups is 1. The van der Waals surface area contributed by atoms with Crippen LogP contribution in [0.3, 0.4) is 0 Å². The average molecular weight is 525 g/mol. The van der Waals surface area contributed by atoms with E-state index in [9.17, 15) is 9.90 Å². The minimum atomic E-state index is -0.698. The SMILES string of the molecule is C=C(N=C(ON)c1ccc(OC(C)C)c(Cl)c1)c1cccc2c(CN3CCC(C(=O)O)CC3)cn(C)c12. The van der Waals surface area contributed by atoms with Gasteiger partial charge in [-0.25, -0.2) is 4.99 Å². The van der Waals surface area contributed by atoms with Gasteiger partial charge < -0.3 is 19.2 Å². The van der Waals surface area contributed by atoms with E-state index in [1.54, 1.807) is 18.2 Å². The van der Waals surface area contributed by atoms with Crippen LogP contribution in [0.5, 0.6) is 5.75 Å². The topological polar surface area (TPSA) is 102 Å². The second-order valence-corrected chi connectivity index (χ2v) is 10.1. The fraction of sp³-hybridized carbons (Fsp3) is 0.357. The third kappa shape index (κ3) is 5.98.